The zero-order valence-corrected chi connectivity index (χ0v) is 16.3. The van der Waals surface area contributed by atoms with Crippen molar-refractivity contribution in [3.05, 3.63) is 71.8 Å². The molecule has 0 saturated carbocycles. The standard InChI is InChI=1S/C22H28OSi/c1-5-6-7-14-19-22(23-24(2,3)4,20-15-10-8-11-16-20)21-17-12-9-13-18-21/h8-13,15-18H,5-7H2,1-4H3. The second-order valence-corrected chi connectivity index (χ2v) is 11.5. The van der Waals surface area contributed by atoms with Gasteiger partial charge in [-0.05, 0) is 37.2 Å². The normalized spacial score (nSPS) is 11.7. The lowest BCUT2D eigenvalue weighted by atomic mass is 9.87. The van der Waals surface area contributed by atoms with Gasteiger partial charge in [-0.2, -0.15) is 0 Å². The van der Waals surface area contributed by atoms with E-state index in [9.17, 15) is 0 Å². The topological polar surface area (TPSA) is 9.23 Å². The van der Waals surface area contributed by atoms with Crippen LogP contribution in [-0.4, -0.2) is 8.32 Å². The molecule has 0 atom stereocenters. The minimum Gasteiger partial charge on any atom is -0.395 e. The fraction of sp³-hybridized carbons (Fsp3) is 0.364. The highest BCUT2D eigenvalue weighted by molar-refractivity contribution is 6.69. The highest BCUT2D eigenvalue weighted by Gasteiger charge is 2.38. The van der Waals surface area contributed by atoms with Crippen LogP contribution in [0, 0.1) is 11.8 Å². The summed E-state index contributed by atoms with van der Waals surface area (Å²) in [5.74, 6) is 6.91. The molecule has 0 unspecified atom stereocenters. The predicted molar refractivity (Wildman–Crippen MR) is 105 cm³/mol. The third-order valence-electron chi connectivity index (χ3n) is 3.74. The molecule has 126 valence electrons. The van der Waals surface area contributed by atoms with Crippen molar-refractivity contribution in [2.75, 3.05) is 0 Å². The van der Waals surface area contributed by atoms with Crippen molar-refractivity contribution < 1.29 is 4.43 Å². The summed E-state index contributed by atoms with van der Waals surface area (Å²) >= 11 is 0. The molecular weight excluding hydrogens is 308 g/mol. The van der Waals surface area contributed by atoms with Crippen molar-refractivity contribution in [1.29, 1.82) is 0 Å². The molecule has 0 heterocycles. The maximum Gasteiger partial charge on any atom is 0.186 e. The minimum atomic E-state index is -1.83. The van der Waals surface area contributed by atoms with Crippen LogP contribution in [0.25, 0.3) is 0 Å². The Morgan fingerprint density at radius 1 is 0.875 bits per heavy atom. The molecule has 0 fully saturated rings. The van der Waals surface area contributed by atoms with Crippen LogP contribution in [0.1, 0.15) is 37.3 Å². The van der Waals surface area contributed by atoms with Gasteiger partial charge in [0.05, 0.1) is 0 Å². The van der Waals surface area contributed by atoms with Crippen LogP contribution in [0.2, 0.25) is 19.6 Å². The van der Waals surface area contributed by atoms with Crippen molar-refractivity contribution in [3.8, 4) is 11.8 Å². The molecule has 24 heavy (non-hydrogen) atoms. The molecule has 0 aromatic heterocycles. The van der Waals surface area contributed by atoms with Gasteiger partial charge in [0.1, 0.15) is 0 Å². The van der Waals surface area contributed by atoms with Crippen molar-refractivity contribution >= 4 is 8.32 Å². The molecule has 0 N–H and O–H groups in total. The molecule has 0 aliphatic heterocycles. The van der Waals surface area contributed by atoms with Gasteiger partial charge < -0.3 is 4.43 Å². The number of hydrogen-bond acceptors (Lipinski definition) is 1. The van der Waals surface area contributed by atoms with Gasteiger partial charge in [-0.1, -0.05) is 85.8 Å². The Morgan fingerprint density at radius 3 is 1.79 bits per heavy atom. The zero-order chi connectivity index (χ0) is 17.5. The first-order valence-corrected chi connectivity index (χ1v) is 12.2. The van der Waals surface area contributed by atoms with Crippen LogP contribution in [0.3, 0.4) is 0 Å². The lowest BCUT2D eigenvalue weighted by molar-refractivity contribution is 0.166. The highest BCUT2D eigenvalue weighted by Crippen LogP contribution is 2.36. The van der Waals surface area contributed by atoms with Crippen LogP contribution in [0.5, 0.6) is 0 Å². The minimum absolute atomic E-state index is 0.680. The lowest BCUT2D eigenvalue weighted by Crippen LogP contribution is -2.40. The van der Waals surface area contributed by atoms with Crippen molar-refractivity contribution in [1.82, 2.24) is 0 Å². The molecule has 2 heteroatoms. The SMILES string of the molecule is CCCCC#CC(O[Si](C)(C)C)(c1ccccc1)c1ccccc1. The first kappa shape index (κ1) is 18.5. The maximum atomic E-state index is 6.74. The molecule has 0 aliphatic carbocycles. The van der Waals surface area contributed by atoms with Gasteiger partial charge in [0, 0.05) is 6.42 Å². The fourth-order valence-electron chi connectivity index (χ4n) is 2.71. The molecule has 0 spiro atoms. The van der Waals surface area contributed by atoms with E-state index in [0.29, 0.717) is 0 Å². The smallest absolute Gasteiger partial charge is 0.186 e. The average Bonchev–Trinajstić information content (AvgIpc) is 2.58. The van der Waals surface area contributed by atoms with E-state index < -0.39 is 13.9 Å². The second kappa shape index (κ2) is 8.33. The van der Waals surface area contributed by atoms with Crippen LogP contribution in [0.4, 0.5) is 0 Å². The summed E-state index contributed by atoms with van der Waals surface area (Å²) in [7, 11) is -1.83. The third kappa shape index (κ3) is 4.83. The number of unbranched alkanes of at least 4 members (excludes halogenated alkanes) is 2. The Bertz CT molecular complexity index is 635. The molecule has 0 amide bonds. The lowest BCUT2D eigenvalue weighted by Gasteiger charge is -2.36. The van der Waals surface area contributed by atoms with Gasteiger partial charge in [-0.3, -0.25) is 0 Å². The monoisotopic (exact) mass is 336 g/mol. The van der Waals surface area contributed by atoms with E-state index in [4.69, 9.17) is 4.43 Å². The molecule has 2 rings (SSSR count). The average molecular weight is 337 g/mol. The summed E-state index contributed by atoms with van der Waals surface area (Å²) in [6.45, 7) is 8.87. The van der Waals surface area contributed by atoms with E-state index in [1.807, 2.05) is 12.1 Å². The third-order valence-corrected chi connectivity index (χ3v) is 4.66. The Kier molecular flexibility index (Phi) is 6.42. The molecule has 0 radical (unpaired) electrons. The van der Waals surface area contributed by atoms with E-state index in [-0.39, 0.29) is 0 Å². The molecule has 1 nitrogen and oxygen atoms in total. The summed E-state index contributed by atoms with van der Waals surface area (Å²) in [6, 6.07) is 20.8. The van der Waals surface area contributed by atoms with Gasteiger partial charge in [0.15, 0.2) is 13.9 Å². The van der Waals surface area contributed by atoms with E-state index in [2.05, 4.69) is 86.9 Å². The fourth-order valence-corrected chi connectivity index (χ4v) is 3.92. The van der Waals surface area contributed by atoms with E-state index in [0.717, 1.165) is 30.4 Å². The van der Waals surface area contributed by atoms with Gasteiger partial charge in [0.2, 0.25) is 0 Å². The highest BCUT2D eigenvalue weighted by atomic mass is 28.4. The maximum absolute atomic E-state index is 6.74. The van der Waals surface area contributed by atoms with Crippen molar-refractivity contribution in [2.45, 2.75) is 51.4 Å². The van der Waals surface area contributed by atoms with Crippen LogP contribution in [0.15, 0.2) is 60.7 Å². The largest absolute Gasteiger partial charge is 0.395 e. The molecule has 0 saturated heterocycles. The molecule has 2 aromatic rings. The van der Waals surface area contributed by atoms with E-state index >= 15 is 0 Å². The first-order chi connectivity index (χ1) is 11.5. The van der Waals surface area contributed by atoms with Crippen LogP contribution < -0.4 is 0 Å². The van der Waals surface area contributed by atoms with E-state index in [1.54, 1.807) is 0 Å². The summed E-state index contributed by atoms with van der Waals surface area (Å²) in [5.41, 5.74) is 1.55. The molecular formula is C22H28OSi. The summed E-state index contributed by atoms with van der Waals surface area (Å²) in [5, 5.41) is 0. The van der Waals surface area contributed by atoms with E-state index in [1.165, 1.54) is 0 Å². The van der Waals surface area contributed by atoms with Crippen LogP contribution in [-0.2, 0) is 10.0 Å². The quantitative estimate of drug-likeness (QED) is 0.358. The number of rotatable bonds is 6. The Labute approximate surface area is 148 Å². The molecule has 0 aliphatic rings. The summed E-state index contributed by atoms with van der Waals surface area (Å²) in [4.78, 5) is 0. The Balaban J connectivity index is 2.60. The van der Waals surface area contributed by atoms with Gasteiger partial charge in [-0.25, -0.2) is 0 Å². The number of hydrogen-bond donors (Lipinski definition) is 0. The second-order valence-electron chi connectivity index (χ2n) is 7.03. The van der Waals surface area contributed by atoms with Gasteiger partial charge in [0.25, 0.3) is 0 Å². The van der Waals surface area contributed by atoms with Crippen molar-refractivity contribution in [2.24, 2.45) is 0 Å². The van der Waals surface area contributed by atoms with Gasteiger partial charge >= 0.3 is 0 Å². The summed E-state index contributed by atoms with van der Waals surface area (Å²) < 4.78 is 6.74. The van der Waals surface area contributed by atoms with Crippen LogP contribution >= 0.6 is 0 Å². The zero-order valence-electron chi connectivity index (χ0n) is 15.3. The van der Waals surface area contributed by atoms with Gasteiger partial charge in [-0.15, -0.1) is 0 Å². The number of benzene rings is 2. The molecule has 0 bridgehead atoms. The summed E-state index contributed by atoms with van der Waals surface area (Å²) in [6.07, 6.45) is 3.19. The first-order valence-electron chi connectivity index (χ1n) is 8.79. The Hall–Kier alpha value is -1.82. The van der Waals surface area contributed by atoms with Crippen molar-refractivity contribution in [3.63, 3.8) is 0 Å². The predicted octanol–water partition coefficient (Wildman–Crippen LogP) is 5.98. The Morgan fingerprint density at radius 2 is 1.38 bits per heavy atom. The molecule has 2 aromatic carbocycles.